The van der Waals surface area contributed by atoms with E-state index in [1.807, 2.05) is 0 Å². The first-order chi connectivity index (χ1) is 6.18. The maximum absolute atomic E-state index is 10.7. The smallest absolute Gasteiger partial charge is 0.328 e. The van der Waals surface area contributed by atoms with Crippen molar-refractivity contribution in [1.82, 2.24) is 0 Å². The zero-order valence-corrected chi connectivity index (χ0v) is 7.58. The quantitative estimate of drug-likeness (QED) is 0.498. The van der Waals surface area contributed by atoms with Crippen LogP contribution in [0.25, 0.3) is 0 Å². The number of carbonyl (C=O) groups is 2. The summed E-state index contributed by atoms with van der Waals surface area (Å²) in [6.45, 7) is 6.00. The summed E-state index contributed by atoms with van der Waals surface area (Å²) in [5.41, 5.74) is 0.886. The van der Waals surface area contributed by atoms with Crippen LogP contribution in [0.3, 0.4) is 0 Å². The van der Waals surface area contributed by atoms with Crippen LogP contribution in [0.1, 0.15) is 25.7 Å². The molecule has 0 aromatic heterocycles. The van der Waals surface area contributed by atoms with Gasteiger partial charge >= 0.3 is 5.97 Å². The highest BCUT2D eigenvalue weighted by atomic mass is 16.4. The molecule has 1 fully saturated rings. The fourth-order valence-corrected chi connectivity index (χ4v) is 1.17. The normalized spacial score (nSPS) is 15.7. The van der Waals surface area contributed by atoms with E-state index in [1.54, 1.807) is 0 Å². The number of carbonyl (C=O) groups excluding carboxylic acids is 1. The molecule has 1 rings (SSSR count). The maximum Gasteiger partial charge on any atom is 0.328 e. The van der Waals surface area contributed by atoms with Gasteiger partial charge in [0.05, 0.1) is 0 Å². The molecule has 72 valence electrons. The molecule has 0 aromatic carbocycles. The third-order valence-corrected chi connectivity index (χ3v) is 1.78. The molecule has 0 aliphatic heterocycles. The zero-order valence-electron chi connectivity index (χ0n) is 7.58. The van der Waals surface area contributed by atoms with Crippen LogP contribution in [0.2, 0.25) is 0 Å². The van der Waals surface area contributed by atoms with E-state index in [1.165, 1.54) is 6.08 Å². The number of hydrogen-bond donors (Lipinski definition) is 1. The molecule has 13 heavy (non-hydrogen) atoms. The molecule has 0 radical (unpaired) electrons. The SMILES string of the molecule is C=C.O=C(O)C=C1CCC(=O)CC1. The van der Waals surface area contributed by atoms with Crippen LogP contribution in [0, 0.1) is 0 Å². The maximum atomic E-state index is 10.7. The number of allylic oxidation sites excluding steroid dienone is 1. The minimum Gasteiger partial charge on any atom is -0.478 e. The van der Waals surface area contributed by atoms with E-state index in [2.05, 4.69) is 13.2 Å². The Balaban J connectivity index is 0.000000671. The summed E-state index contributed by atoms with van der Waals surface area (Å²) in [6.07, 6.45) is 3.50. The number of Topliss-reactive ketones (excluding diaryl/α,β-unsaturated/α-hetero) is 1. The number of ketones is 1. The highest BCUT2D eigenvalue weighted by Gasteiger charge is 2.12. The van der Waals surface area contributed by atoms with Gasteiger partial charge in [-0.1, -0.05) is 5.57 Å². The fourth-order valence-electron chi connectivity index (χ4n) is 1.17. The van der Waals surface area contributed by atoms with Crippen LogP contribution in [-0.4, -0.2) is 16.9 Å². The molecule has 3 nitrogen and oxygen atoms in total. The lowest BCUT2D eigenvalue weighted by atomic mass is 9.94. The fraction of sp³-hybridized carbons (Fsp3) is 0.400. The Hall–Kier alpha value is -1.38. The van der Waals surface area contributed by atoms with E-state index in [4.69, 9.17) is 5.11 Å². The highest BCUT2D eigenvalue weighted by Crippen LogP contribution is 2.19. The number of aliphatic carboxylic acids is 1. The van der Waals surface area contributed by atoms with Gasteiger partial charge in [-0.2, -0.15) is 0 Å². The van der Waals surface area contributed by atoms with Crippen LogP contribution in [0.15, 0.2) is 24.8 Å². The first kappa shape index (κ1) is 11.6. The molecule has 1 saturated carbocycles. The Morgan fingerprint density at radius 3 is 2.08 bits per heavy atom. The van der Waals surface area contributed by atoms with E-state index >= 15 is 0 Å². The Kier molecular flexibility index (Phi) is 5.52. The molecule has 3 heteroatoms. The average Bonchev–Trinajstić information content (AvgIpc) is 2.12. The van der Waals surface area contributed by atoms with Gasteiger partial charge in [-0.3, -0.25) is 4.79 Å². The molecular formula is C10H14O3. The van der Waals surface area contributed by atoms with Crippen LogP contribution in [0.5, 0.6) is 0 Å². The van der Waals surface area contributed by atoms with E-state index in [0.29, 0.717) is 25.7 Å². The molecule has 0 amide bonds. The van der Waals surface area contributed by atoms with Gasteiger partial charge in [0, 0.05) is 18.9 Å². The predicted octanol–water partition coefficient (Wildman–Crippen LogP) is 1.94. The number of rotatable bonds is 1. The van der Waals surface area contributed by atoms with Gasteiger partial charge in [0.15, 0.2) is 0 Å². The summed E-state index contributed by atoms with van der Waals surface area (Å²) in [7, 11) is 0. The first-order valence-electron chi connectivity index (χ1n) is 4.12. The second-order valence-electron chi connectivity index (χ2n) is 2.68. The third kappa shape index (κ3) is 4.95. The van der Waals surface area contributed by atoms with Gasteiger partial charge in [-0.25, -0.2) is 4.79 Å². The Labute approximate surface area is 77.8 Å². The molecular weight excluding hydrogens is 168 g/mol. The summed E-state index contributed by atoms with van der Waals surface area (Å²) < 4.78 is 0. The molecule has 1 aliphatic rings. The second-order valence-corrected chi connectivity index (χ2v) is 2.68. The van der Waals surface area contributed by atoms with E-state index in [-0.39, 0.29) is 5.78 Å². The summed E-state index contributed by atoms with van der Waals surface area (Å²) in [5, 5.41) is 8.37. The van der Waals surface area contributed by atoms with Gasteiger partial charge in [-0.15, -0.1) is 13.2 Å². The molecule has 0 heterocycles. The lowest BCUT2D eigenvalue weighted by Gasteiger charge is -2.11. The van der Waals surface area contributed by atoms with Crippen molar-refractivity contribution in [2.75, 3.05) is 0 Å². The van der Waals surface area contributed by atoms with Gasteiger partial charge in [-0.05, 0) is 12.8 Å². The average molecular weight is 182 g/mol. The predicted molar refractivity (Wildman–Crippen MR) is 50.4 cm³/mol. The molecule has 1 aliphatic carbocycles. The van der Waals surface area contributed by atoms with Crippen LogP contribution in [0.4, 0.5) is 0 Å². The molecule has 0 spiro atoms. The minimum absolute atomic E-state index is 0.243. The van der Waals surface area contributed by atoms with Crippen molar-refractivity contribution in [1.29, 1.82) is 0 Å². The van der Waals surface area contributed by atoms with Crippen LogP contribution in [-0.2, 0) is 9.59 Å². The molecule has 0 saturated heterocycles. The molecule has 0 bridgehead atoms. The lowest BCUT2D eigenvalue weighted by molar-refractivity contribution is -0.131. The molecule has 0 atom stereocenters. The standard InChI is InChI=1S/C8H10O3.C2H4/c9-7-3-1-6(2-4-7)5-8(10)11;1-2/h5H,1-4H2,(H,10,11);1-2H2. The summed E-state index contributed by atoms with van der Waals surface area (Å²) >= 11 is 0. The largest absolute Gasteiger partial charge is 0.478 e. The van der Waals surface area contributed by atoms with Crippen molar-refractivity contribution in [2.24, 2.45) is 0 Å². The van der Waals surface area contributed by atoms with Gasteiger partial charge in [0.1, 0.15) is 5.78 Å². The highest BCUT2D eigenvalue weighted by molar-refractivity contribution is 5.83. The lowest BCUT2D eigenvalue weighted by Crippen LogP contribution is -2.07. The number of carboxylic acid groups (broad SMARTS) is 1. The Morgan fingerprint density at radius 2 is 1.69 bits per heavy atom. The summed E-state index contributed by atoms with van der Waals surface area (Å²) in [5.74, 6) is -0.665. The van der Waals surface area contributed by atoms with E-state index in [9.17, 15) is 9.59 Å². The zero-order chi connectivity index (χ0) is 10.3. The van der Waals surface area contributed by atoms with Crippen LogP contribution >= 0.6 is 0 Å². The molecule has 0 aromatic rings. The van der Waals surface area contributed by atoms with E-state index in [0.717, 1.165) is 5.57 Å². The monoisotopic (exact) mass is 182 g/mol. The summed E-state index contributed by atoms with van der Waals surface area (Å²) in [4.78, 5) is 20.9. The number of carboxylic acids is 1. The Morgan fingerprint density at radius 1 is 1.23 bits per heavy atom. The first-order valence-corrected chi connectivity index (χ1v) is 4.12. The van der Waals surface area contributed by atoms with Gasteiger partial charge in [0.25, 0.3) is 0 Å². The number of hydrogen-bond acceptors (Lipinski definition) is 2. The van der Waals surface area contributed by atoms with Crippen molar-refractivity contribution < 1.29 is 14.7 Å². The van der Waals surface area contributed by atoms with Crippen LogP contribution < -0.4 is 0 Å². The van der Waals surface area contributed by atoms with Crippen molar-refractivity contribution in [3.8, 4) is 0 Å². The van der Waals surface area contributed by atoms with Gasteiger partial charge in [0.2, 0.25) is 0 Å². The topological polar surface area (TPSA) is 54.4 Å². The summed E-state index contributed by atoms with van der Waals surface area (Å²) in [6, 6.07) is 0. The Bertz CT molecular complexity index is 216. The van der Waals surface area contributed by atoms with Gasteiger partial charge < -0.3 is 5.11 Å². The molecule has 1 N–H and O–H groups in total. The minimum atomic E-state index is -0.908. The van der Waals surface area contributed by atoms with Crippen molar-refractivity contribution >= 4 is 11.8 Å². The molecule has 0 unspecified atom stereocenters. The third-order valence-electron chi connectivity index (χ3n) is 1.78. The van der Waals surface area contributed by atoms with E-state index < -0.39 is 5.97 Å². The van der Waals surface area contributed by atoms with Crippen molar-refractivity contribution in [2.45, 2.75) is 25.7 Å². The van der Waals surface area contributed by atoms with Crippen molar-refractivity contribution in [3.63, 3.8) is 0 Å². The second kappa shape index (κ2) is 6.17. The van der Waals surface area contributed by atoms with Crippen molar-refractivity contribution in [3.05, 3.63) is 24.8 Å².